The molecule has 4 heteroatoms. The Morgan fingerprint density at radius 1 is 1.44 bits per heavy atom. The Morgan fingerprint density at radius 2 is 2.28 bits per heavy atom. The number of hydrogen-bond donors (Lipinski definition) is 1. The van der Waals surface area contributed by atoms with Crippen molar-refractivity contribution < 1.29 is 14.3 Å². The maximum Gasteiger partial charge on any atom is 0.354 e. The number of carbonyl (C=O) groups is 1. The van der Waals surface area contributed by atoms with Crippen LogP contribution in [0.4, 0.5) is 0 Å². The van der Waals surface area contributed by atoms with Gasteiger partial charge in [0.05, 0.1) is 6.61 Å². The summed E-state index contributed by atoms with van der Waals surface area (Å²) in [6, 6.07) is 7.37. The van der Waals surface area contributed by atoms with Gasteiger partial charge in [0.2, 0.25) is 0 Å². The maximum absolute atomic E-state index is 11.6. The molecule has 2 aromatic rings. The quantitative estimate of drug-likeness (QED) is 0.651. The average Bonchev–Trinajstić information content (AvgIpc) is 2.79. The van der Waals surface area contributed by atoms with E-state index in [-0.39, 0.29) is 5.97 Å². The minimum absolute atomic E-state index is 0.345. The number of fused-ring (bicyclic) bond motifs is 1. The molecular weight excluding hydrogens is 230 g/mol. The van der Waals surface area contributed by atoms with Gasteiger partial charge in [0, 0.05) is 17.0 Å². The third-order valence-corrected chi connectivity index (χ3v) is 2.46. The van der Waals surface area contributed by atoms with E-state index >= 15 is 0 Å². The molecule has 18 heavy (non-hydrogen) atoms. The molecule has 0 fully saturated rings. The number of nitrogens with one attached hydrogen (secondary N) is 1. The van der Waals surface area contributed by atoms with Gasteiger partial charge in [-0.2, -0.15) is 0 Å². The van der Waals surface area contributed by atoms with Crippen LogP contribution in [0.5, 0.6) is 5.75 Å². The third kappa shape index (κ3) is 2.53. The maximum atomic E-state index is 11.6. The highest BCUT2D eigenvalue weighted by molar-refractivity contribution is 5.95. The normalized spacial score (nSPS) is 10.3. The van der Waals surface area contributed by atoms with Crippen LogP contribution in [0.25, 0.3) is 10.9 Å². The monoisotopic (exact) mass is 245 g/mol. The number of ether oxygens (including phenoxy) is 2. The Kier molecular flexibility index (Phi) is 3.67. The van der Waals surface area contributed by atoms with Crippen molar-refractivity contribution in [1.82, 2.24) is 4.98 Å². The van der Waals surface area contributed by atoms with Gasteiger partial charge in [0.1, 0.15) is 18.1 Å². The van der Waals surface area contributed by atoms with Crippen LogP contribution >= 0.6 is 0 Å². The molecule has 4 nitrogen and oxygen atoms in total. The van der Waals surface area contributed by atoms with Gasteiger partial charge >= 0.3 is 5.97 Å². The van der Waals surface area contributed by atoms with Gasteiger partial charge in [-0.25, -0.2) is 4.79 Å². The van der Waals surface area contributed by atoms with Crippen LogP contribution < -0.4 is 4.74 Å². The molecule has 1 heterocycles. The Morgan fingerprint density at radius 3 is 3.00 bits per heavy atom. The van der Waals surface area contributed by atoms with Crippen molar-refractivity contribution >= 4 is 16.9 Å². The zero-order valence-corrected chi connectivity index (χ0v) is 10.2. The largest absolute Gasteiger partial charge is 0.489 e. The van der Waals surface area contributed by atoms with Crippen molar-refractivity contribution in [2.45, 2.75) is 6.92 Å². The average molecular weight is 245 g/mol. The molecule has 0 spiro atoms. The van der Waals surface area contributed by atoms with Gasteiger partial charge in [-0.3, -0.25) is 0 Å². The van der Waals surface area contributed by atoms with E-state index in [1.165, 1.54) is 0 Å². The highest BCUT2D eigenvalue weighted by Gasteiger charge is 2.10. The second-order valence-corrected chi connectivity index (χ2v) is 3.75. The van der Waals surface area contributed by atoms with E-state index < -0.39 is 0 Å². The van der Waals surface area contributed by atoms with Crippen LogP contribution in [0.1, 0.15) is 17.4 Å². The first-order chi connectivity index (χ1) is 8.74. The molecule has 1 aromatic carbocycles. The highest BCUT2D eigenvalue weighted by Crippen LogP contribution is 2.21. The molecule has 0 radical (unpaired) electrons. The summed E-state index contributed by atoms with van der Waals surface area (Å²) < 4.78 is 10.4. The molecule has 0 atom stereocenters. The van der Waals surface area contributed by atoms with Crippen LogP contribution in [0.3, 0.4) is 0 Å². The van der Waals surface area contributed by atoms with Crippen molar-refractivity contribution in [3.8, 4) is 5.75 Å². The minimum Gasteiger partial charge on any atom is -0.489 e. The number of carbonyl (C=O) groups excluding carboxylic acids is 1. The molecule has 0 amide bonds. The predicted octanol–water partition coefficient (Wildman–Crippen LogP) is 2.91. The van der Waals surface area contributed by atoms with E-state index in [2.05, 4.69) is 11.6 Å². The summed E-state index contributed by atoms with van der Waals surface area (Å²) >= 11 is 0. The first kappa shape index (κ1) is 12.2. The van der Waals surface area contributed by atoms with E-state index in [9.17, 15) is 4.79 Å². The lowest BCUT2D eigenvalue weighted by Gasteiger charge is -2.02. The molecule has 0 saturated heterocycles. The van der Waals surface area contributed by atoms with Crippen LogP contribution in [-0.4, -0.2) is 24.2 Å². The van der Waals surface area contributed by atoms with Crippen molar-refractivity contribution in [1.29, 1.82) is 0 Å². The summed E-state index contributed by atoms with van der Waals surface area (Å²) in [6.45, 7) is 6.19. The lowest BCUT2D eigenvalue weighted by Crippen LogP contribution is -2.04. The number of esters is 1. The number of hydrogen-bond acceptors (Lipinski definition) is 3. The van der Waals surface area contributed by atoms with E-state index in [0.29, 0.717) is 18.9 Å². The molecule has 1 aromatic heterocycles. The third-order valence-electron chi connectivity index (χ3n) is 2.46. The fourth-order valence-electron chi connectivity index (χ4n) is 1.67. The Balaban J connectivity index is 2.27. The minimum atomic E-state index is -0.345. The molecular formula is C14H15NO3. The Hall–Kier alpha value is -2.23. The molecule has 0 unspecified atom stereocenters. The standard InChI is InChI=1S/C14H15NO3/c1-3-7-18-11-6-5-10-8-13(14(16)17-4-2)15-12(10)9-11/h3,5-6,8-9,15H,1,4,7H2,2H3. The fraction of sp³-hybridized carbons (Fsp3) is 0.214. The SMILES string of the molecule is C=CCOc1ccc2cc(C(=O)OCC)[nH]c2c1. The number of aromatic nitrogens is 1. The van der Waals surface area contributed by atoms with E-state index in [1.54, 1.807) is 19.1 Å². The highest BCUT2D eigenvalue weighted by atomic mass is 16.5. The molecule has 1 N–H and O–H groups in total. The summed E-state index contributed by atoms with van der Waals surface area (Å²) in [5.74, 6) is 0.391. The number of benzene rings is 1. The lowest BCUT2D eigenvalue weighted by molar-refractivity contribution is 0.0520. The number of aromatic amines is 1. The summed E-state index contributed by atoms with van der Waals surface area (Å²) in [5, 5.41) is 0.948. The molecule has 94 valence electrons. The fourth-order valence-corrected chi connectivity index (χ4v) is 1.67. The molecule has 0 saturated carbocycles. The van der Waals surface area contributed by atoms with Gasteiger partial charge in [0.15, 0.2) is 0 Å². The van der Waals surface area contributed by atoms with E-state index in [1.807, 2.05) is 18.2 Å². The van der Waals surface area contributed by atoms with Crippen molar-refractivity contribution in [2.75, 3.05) is 13.2 Å². The number of H-pyrrole nitrogens is 1. The topological polar surface area (TPSA) is 51.3 Å². The first-order valence-electron chi connectivity index (χ1n) is 5.78. The van der Waals surface area contributed by atoms with E-state index in [0.717, 1.165) is 16.7 Å². The molecule has 0 aliphatic carbocycles. The van der Waals surface area contributed by atoms with Gasteiger partial charge in [-0.15, -0.1) is 0 Å². The van der Waals surface area contributed by atoms with Gasteiger partial charge in [-0.1, -0.05) is 12.7 Å². The van der Waals surface area contributed by atoms with Crippen molar-refractivity contribution in [3.63, 3.8) is 0 Å². The Bertz CT molecular complexity index is 571. The zero-order valence-electron chi connectivity index (χ0n) is 10.2. The lowest BCUT2D eigenvalue weighted by atomic mass is 10.2. The van der Waals surface area contributed by atoms with Crippen LogP contribution in [0.15, 0.2) is 36.9 Å². The van der Waals surface area contributed by atoms with Gasteiger partial charge < -0.3 is 14.5 Å². The number of rotatable bonds is 5. The molecule has 2 rings (SSSR count). The van der Waals surface area contributed by atoms with Crippen LogP contribution in [0.2, 0.25) is 0 Å². The molecule has 0 aliphatic heterocycles. The summed E-state index contributed by atoms with van der Waals surface area (Å²) in [6.07, 6.45) is 1.68. The summed E-state index contributed by atoms with van der Waals surface area (Å²) in [7, 11) is 0. The summed E-state index contributed by atoms with van der Waals surface area (Å²) in [4.78, 5) is 14.6. The first-order valence-corrected chi connectivity index (χ1v) is 5.78. The van der Waals surface area contributed by atoms with Gasteiger partial charge in [0.25, 0.3) is 0 Å². The van der Waals surface area contributed by atoms with Crippen LogP contribution in [0, 0.1) is 0 Å². The molecule has 0 aliphatic rings. The molecule has 0 bridgehead atoms. The predicted molar refractivity (Wildman–Crippen MR) is 69.9 cm³/mol. The zero-order chi connectivity index (χ0) is 13.0. The second-order valence-electron chi connectivity index (χ2n) is 3.75. The van der Waals surface area contributed by atoms with Crippen molar-refractivity contribution in [3.05, 3.63) is 42.6 Å². The summed E-state index contributed by atoms with van der Waals surface area (Å²) in [5.41, 5.74) is 1.30. The Labute approximate surface area is 105 Å². The van der Waals surface area contributed by atoms with Crippen LogP contribution in [-0.2, 0) is 4.74 Å². The smallest absolute Gasteiger partial charge is 0.354 e. The van der Waals surface area contributed by atoms with Gasteiger partial charge in [-0.05, 0) is 25.1 Å². The second kappa shape index (κ2) is 5.40. The van der Waals surface area contributed by atoms with Crippen molar-refractivity contribution in [2.24, 2.45) is 0 Å². The van der Waals surface area contributed by atoms with E-state index in [4.69, 9.17) is 9.47 Å².